The van der Waals surface area contributed by atoms with Crippen molar-refractivity contribution in [3.63, 3.8) is 0 Å². The van der Waals surface area contributed by atoms with Gasteiger partial charge >= 0.3 is 5.97 Å². The Morgan fingerprint density at radius 1 is 1.38 bits per heavy atom. The number of aryl methyl sites for hydroxylation is 1. The molecule has 0 aromatic carbocycles. The number of nitrogens with zero attached hydrogens (tertiary/aromatic N) is 1. The number of aromatic nitrogens is 1. The molecule has 0 saturated heterocycles. The largest absolute Gasteiger partial charge is 0.481 e. The van der Waals surface area contributed by atoms with Crippen molar-refractivity contribution in [1.29, 1.82) is 0 Å². The molecule has 0 bridgehead atoms. The molecule has 0 saturated carbocycles. The number of unbranched alkanes of at least 4 members (excludes halogenated alkanes) is 2. The zero-order valence-electron chi connectivity index (χ0n) is 8.86. The van der Waals surface area contributed by atoms with Gasteiger partial charge in [-0.15, -0.1) is 0 Å². The molecule has 16 heavy (non-hydrogen) atoms. The highest BCUT2D eigenvalue weighted by molar-refractivity contribution is 14.1. The lowest BCUT2D eigenvalue weighted by Gasteiger charge is -2.05. The van der Waals surface area contributed by atoms with E-state index in [0.29, 0.717) is 16.5 Å². The first kappa shape index (κ1) is 13.2. The van der Waals surface area contributed by atoms with Crippen LogP contribution in [0.4, 0.5) is 0 Å². The molecule has 0 amide bonds. The highest BCUT2D eigenvalue weighted by atomic mass is 127. The van der Waals surface area contributed by atoms with Gasteiger partial charge in [0.1, 0.15) is 0 Å². The fraction of sp³-hybridized carbons (Fsp3) is 0.455. The lowest BCUT2D eigenvalue weighted by Crippen LogP contribution is -2.21. The van der Waals surface area contributed by atoms with Crippen molar-refractivity contribution in [2.75, 3.05) is 0 Å². The van der Waals surface area contributed by atoms with Crippen molar-refractivity contribution in [2.24, 2.45) is 0 Å². The minimum Gasteiger partial charge on any atom is -0.481 e. The van der Waals surface area contributed by atoms with Gasteiger partial charge in [-0.1, -0.05) is 6.42 Å². The summed E-state index contributed by atoms with van der Waals surface area (Å²) in [5, 5.41) is 8.45. The number of hydrogen-bond donors (Lipinski definition) is 1. The average Bonchev–Trinajstić information content (AvgIpc) is 2.23. The van der Waals surface area contributed by atoms with Crippen LogP contribution in [0.3, 0.4) is 0 Å². The molecule has 1 rings (SSSR count). The van der Waals surface area contributed by atoms with Crippen LogP contribution in [0.5, 0.6) is 0 Å². The summed E-state index contributed by atoms with van der Waals surface area (Å²) in [6.45, 7) is 0.662. The van der Waals surface area contributed by atoms with Crippen LogP contribution >= 0.6 is 22.6 Å². The Bertz CT molecular complexity index is 414. The average molecular weight is 335 g/mol. The number of carboxylic acids is 1. The monoisotopic (exact) mass is 335 g/mol. The van der Waals surface area contributed by atoms with Crippen molar-refractivity contribution in [1.82, 2.24) is 4.57 Å². The summed E-state index contributed by atoms with van der Waals surface area (Å²) >= 11 is 2.02. The molecule has 0 atom stereocenters. The van der Waals surface area contributed by atoms with Crippen molar-refractivity contribution in [3.05, 3.63) is 32.3 Å². The highest BCUT2D eigenvalue weighted by Gasteiger charge is 2.00. The Morgan fingerprint density at radius 2 is 2.12 bits per heavy atom. The third-order valence-electron chi connectivity index (χ3n) is 2.26. The molecule has 0 aliphatic carbocycles. The molecule has 0 aliphatic heterocycles. The van der Waals surface area contributed by atoms with E-state index in [1.165, 1.54) is 0 Å². The third-order valence-corrected chi connectivity index (χ3v) is 3.08. The molecule has 1 heterocycles. The van der Waals surface area contributed by atoms with Crippen LogP contribution < -0.4 is 5.56 Å². The number of hydrogen-bond acceptors (Lipinski definition) is 2. The van der Waals surface area contributed by atoms with E-state index in [2.05, 4.69) is 0 Å². The van der Waals surface area contributed by atoms with Gasteiger partial charge in [-0.2, -0.15) is 0 Å². The molecule has 0 aliphatic rings. The molecule has 1 aromatic rings. The Kier molecular flexibility index (Phi) is 5.51. The lowest BCUT2D eigenvalue weighted by atomic mass is 10.2. The number of aliphatic carboxylic acids is 1. The Labute approximate surface area is 107 Å². The van der Waals surface area contributed by atoms with Crippen molar-refractivity contribution < 1.29 is 9.90 Å². The summed E-state index contributed by atoms with van der Waals surface area (Å²) in [7, 11) is 0. The first-order chi connectivity index (χ1) is 7.61. The fourth-order valence-electron chi connectivity index (χ4n) is 1.42. The summed E-state index contributed by atoms with van der Waals surface area (Å²) < 4.78 is 2.38. The normalized spacial score (nSPS) is 10.3. The van der Waals surface area contributed by atoms with E-state index < -0.39 is 5.97 Å². The van der Waals surface area contributed by atoms with E-state index >= 15 is 0 Å². The Balaban J connectivity index is 2.35. The van der Waals surface area contributed by atoms with E-state index in [1.807, 2.05) is 28.7 Å². The van der Waals surface area contributed by atoms with Gasteiger partial charge in [0.2, 0.25) is 0 Å². The lowest BCUT2D eigenvalue weighted by molar-refractivity contribution is -0.137. The number of halogens is 1. The van der Waals surface area contributed by atoms with Crippen LogP contribution in [0.25, 0.3) is 0 Å². The summed E-state index contributed by atoms with van der Waals surface area (Å²) in [6, 6.07) is 3.63. The topological polar surface area (TPSA) is 59.3 Å². The van der Waals surface area contributed by atoms with Gasteiger partial charge in [0, 0.05) is 19.2 Å². The van der Waals surface area contributed by atoms with Crippen LogP contribution in [0.1, 0.15) is 25.7 Å². The first-order valence-corrected chi connectivity index (χ1v) is 6.26. The molecule has 0 spiro atoms. The molecule has 1 N–H and O–H groups in total. The Hall–Kier alpha value is -0.850. The summed E-state index contributed by atoms with van der Waals surface area (Å²) in [4.78, 5) is 21.9. The van der Waals surface area contributed by atoms with Crippen LogP contribution in [-0.4, -0.2) is 15.6 Å². The molecule has 1 aromatic heterocycles. The summed E-state index contributed by atoms with van der Waals surface area (Å²) in [6.07, 6.45) is 4.33. The molecule has 5 heteroatoms. The van der Waals surface area contributed by atoms with E-state index in [1.54, 1.807) is 16.8 Å². The molecule has 0 unspecified atom stereocenters. The zero-order valence-corrected chi connectivity index (χ0v) is 11.0. The predicted molar refractivity (Wildman–Crippen MR) is 69.5 cm³/mol. The second-order valence-corrected chi connectivity index (χ2v) is 4.72. The van der Waals surface area contributed by atoms with E-state index in [0.717, 1.165) is 12.8 Å². The third kappa shape index (κ3) is 4.34. The number of carbonyl (C=O) groups is 1. The predicted octanol–water partition coefficient (Wildman–Crippen LogP) is 2.10. The number of rotatable bonds is 6. The summed E-state index contributed by atoms with van der Waals surface area (Å²) in [5.74, 6) is -0.758. The van der Waals surface area contributed by atoms with Crippen molar-refractivity contribution >= 4 is 28.6 Å². The second-order valence-electron chi connectivity index (χ2n) is 3.56. The molecule has 4 nitrogen and oxygen atoms in total. The SMILES string of the molecule is O=C(O)CCCCCn1cccc(I)c1=O. The Morgan fingerprint density at radius 3 is 2.81 bits per heavy atom. The van der Waals surface area contributed by atoms with Gasteiger partial charge in [-0.05, 0) is 47.6 Å². The molecular weight excluding hydrogens is 321 g/mol. The first-order valence-electron chi connectivity index (χ1n) is 5.18. The maximum absolute atomic E-state index is 11.6. The zero-order chi connectivity index (χ0) is 12.0. The van der Waals surface area contributed by atoms with Gasteiger partial charge in [-0.25, -0.2) is 0 Å². The molecule has 0 fully saturated rings. The number of pyridine rings is 1. The smallest absolute Gasteiger partial charge is 0.303 e. The maximum Gasteiger partial charge on any atom is 0.303 e. The van der Waals surface area contributed by atoms with Gasteiger partial charge < -0.3 is 9.67 Å². The maximum atomic E-state index is 11.6. The second kappa shape index (κ2) is 6.67. The quantitative estimate of drug-likeness (QED) is 0.640. The molecule has 0 radical (unpaired) electrons. The highest BCUT2D eigenvalue weighted by Crippen LogP contribution is 2.02. The van der Waals surface area contributed by atoms with Crippen molar-refractivity contribution in [3.8, 4) is 0 Å². The molecular formula is C11H14INO3. The van der Waals surface area contributed by atoms with E-state index in [-0.39, 0.29) is 12.0 Å². The standard InChI is InChI=1S/C11H14INO3/c12-9-5-4-8-13(11(9)16)7-3-1-2-6-10(14)15/h4-5,8H,1-3,6-7H2,(H,14,15). The van der Waals surface area contributed by atoms with Crippen LogP contribution in [0.15, 0.2) is 23.1 Å². The van der Waals surface area contributed by atoms with E-state index in [4.69, 9.17) is 5.11 Å². The van der Waals surface area contributed by atoms with Gasteiger partial charge in [0.15, 0.2) is 0 Å². The van der Waals surface area contributed by atoms with Crippen molar-refractivity contribution in [2.45, 2.75) is 32.2 Å². The number of carboxylic acid groups (broad SMARTS) is 1. The van der Waals surface area contributed by atoms with Gasteiger partial charge in [0.25, 0.3) is 5.56 Å². The van der Waals surface area contributed by atoms with Crippen LogP contribution in [0.2, 0.25) is 0 Å². The van der Waals surface area contributed by atoms with Crippen LogP contribution in [0, 0.1) is 3.57 Å². The van der Waals surface area contributed by atoms with E-state index in [9.17, 15) is 9.59 Å². The fourth-order valence-corrected chi connectivity index (χ4v) is 1.94. The minimum absolute atomic E-state index is 0.0290. The van der Waals surface area contributed by atoms with Crippen LogP contribution in [-0.2, 0) is 11.3 Å². The molecule has 88 valence electrons. The minimum atomic E-state index is -0.758. The van der Waals surface area contributed by atoms with Gasteiger partial charge in [0.05, 0.1) is 3.57 Å². The van der Waals surface area contributed by atoms with Gasteiger partial charge in [-0.3, -0.25) is 9.59 Å². The summed E-state index contributed by atoms with van der Waals surface area (Å²) in [5.41, 5.74) is 0.0290.